The van der Waals surface area contributed by atoms with Crippen molar-refractivity contribution in [2.45, 2.75) is 45.6 Å². The van der Waals surface area contributed by atoms with E-state index in [1.807, 2.05) is 10.7 Å². The van der Waals surface area contributed by atoms with Crippen LogP contribution in [0.15, 0.2) is 6.07 Å². The van der Waals surface area contributed by atoms with Crippen molar-refractivity contribution in [2.24, 2.45) is 0 Å². The van der Waals surface area contributed by atoms with E-state index in [4.69, 9.17) is 0 Å². The summed E-state index contributed by atoms with van der Waals surface area (Å²) in [5.41, 5.74) is 1.85. The van der Waals surface area contributed by atoms with Gasteiger partial charge in [0, 0.05) is 24.6 Å². The average Bonchev–Trinajstić information content (AvgIpc) is 2.83. The number of nitrogens with zero attached hydrogens (tertiary/aromatic N) is 2. The quantitative estimate of drug-likeness (QED) is 0.690. The van der Waals surface area contributed by atoms with Crippen molar-refractivity contribution in [1.82, 2.24) is 9.78 Å². The second kappa shape index (κ2) is 3.23. The van der Waals surface area contributed by atoms with E-state index < -0.39 is 0 Å². The monoisotopic (exact) mass is 192 g/mol. The highest BCUT2D eigenvalue weighted by Crippen LogP contribution is 2.41. The molecule has 0 bridgehead atoms. The summed E-state index contributed by atoms with van der Waals surface area (Å²) in [6.45, 7) is 5.77. The Balaban J connectivity index is 2.40. The number of rotatable bonds is 3. The highest BCUT2D eigenvalue weighted by Gasteiger charge is 2.29. The van der Waals surface area contributed by atoms with Crippen LogP contribution < -0.4 is 0 Å². The lowest BCUT2D eigenvalue weighted by molar-refractivity contribution is 0.101. The first-order valence-electron chi connectivity index (χ1n) is 5.20. The van der Waals surface area contributed by atoms with Crippen LogP contribution in [-0.2, 0) is 0 Å². The summed E-state index contributed by atoms with van der Waals surface area (Å²) in [5.74, 6) is 0.712. The maximum absolute atomic E-state index is 11.2. The summed E-state index contributed by atoms with van der Waals surface area (Å²) in [6, 6.07) is 2.30. The van der Waals surface area contributed by atoms with Crippen molar-refractivity contribution >= 4 is 5.78 Å². The molecule has 1 aromatic rings. The molecule has 1 aliphatic carbocycles. The molecule has 1 saturated carbocycles. The second-order valence-corrected chi connectivity index (χ2v) is 4.32. The Bertz CT molecular complexity index is 342. The Morgan fingerprint density at radius 1 is 1.57 bits per heavy atom. The number of carbonyl (C=O) groups excluding carboxylic acids is 1. The average molecular weight is 192 g/mol. The summed E-state index contributed by atoms with van der Waals surface area (Å²) in [7, 11) is 0. The summed E-state index contributed by atoms with van der Waals surface area (Å²) in [5, 5.41) is 4.34. The van der Waals surface area contributed by atoms with Gasteiger partial charge in [-0.1, -0.05) is 0 Å². The molecule has 1 heterocycles. The molecule has 0 atom stereocenters. The zero-order valence-corrected chi connectivity index (χ0v) is 8.95. The van der Waals surface area contributed by atoms with Gasteiger partial charge in [-0.25, -0.2) is 0 Å². The highest BCUT2D eigenvalue weighted by molar-refractivity contribution is 5.92. The van der Waals surface area contributed by atoms with Crippen LogP contribution in [0, 0.1) is 0 Å². The standard InChI is InChI=1S/C11H16N2O/c1-7(2)13-11(9-4-5-9)6-10(12-13)8(3)14/h6-7,9H,4-5H2,1-3H3. The van der Waals surface area contributed by atoms with Crippen LogP contribution in [0.2, 0.25) is 0 Å². The van der Waals surface area contributed by atoms with Gasteiger partial charge in [-0.3, -0.25) is 9.48 Å². The zero-order chi connectivity index (χ0) is 10.3. The Kier molecular flexibility index (Phi) is 2.17. The van der Waals surface area contributed by atoms with Gasteiger partial charge in [0.25, 0.3) is 0 Å². The molecule has 0 aliphatic heterocycles. The SMILES string of the molecule is CC(=O)c1cc(C2CC2)n(C(C)C)n1. The molecule has 1 aliphatic rings. The topological polar surface area (TPSA) is 34.9 Å². The van der Waals surface area contributed by atoms with Crippen LogP contribution in [0.3, 0.4) is 0 Å². The lowest BCUT2D eigenvalue weighted by Crippen LogP contribution is -2.07. The Morgan fingerprint density at radius 2 is 2.21 bits per heavy atom. The molecule has 14 heavy (non-hydrogen) atoms. The molecule has 0 radical (unpaired) electrons. The molecule has 76 valence electrons. The number of aromatic nitrogens is 2. The summed E-state index contributed by atoms with van der Waals surface area (Å²) in [4.78, 5) is 11.2. The lowest BCUT2D eigenvalue weighted by Gasteiger charge is -2.09. The van der Waals surface area contributed by atoms with Gasteiger partial charge in [-0.15, -0.1) is 0 Å². The van der Waals surface area contributed by atoms with Crippen molar-refractivity contribution in [3.63, 3.8) is 0 Å². The summed E-state index contributed by atoms with van der Waals surface area (Å²) >= 11 is 0. The van der Waals surface area contributed by atoms with Crippen LogP contribution in [0.4, 0.5) is 0 Å². The number of carbonyl (C=O) groups is 1. The Hall–Kier alpha value is -1.12. The van der Waals surface area contributed by atoms with Crippen molar-refractivity contribution in [1.29, 1.82) is 0 Å². The third kappa shape index (κ3) is 1.59. The molecule has 3 heteroatoms. The van der Waals surface area contributed by atoms with E-state index in [9.17, 15) is 4.79 Å². The van der Waals surface area contributed by atoms with Crippen LogP contribution in [0.25, 0.3) is 0 Å². The molecule has 1 aromatic heterocycles. The molecular weight excluding hydrogens is 176 g/mol. The largest absolute Gasteiger partial charge is 0.293 e. The molecule has 0 unspecified atom stereocenters. The van der Waals surface area contributed by atoms with Crippen molar-refractivity contribution in [3.8, 4) is 0 Å². The molecule has 2 rings (SSSR count). The highest BCUT2D eigenvalue weighted by atomic mass is 16.1. The molecular formula is C11H16N2O. The van der Waals surface area contributed by atoms with Crippen LogP contribution in [0.5, 0.6) is 0 Å². The first-order chi connectivity index (χ1) is 6.59. The van der Waals surface area contributed by atoms with Gasteiger partial charge in [-0.05, 0) is 32.8 Å². The molecule has 1 fully saturated rings. The Labute approximate surface area is 84.1 Å². The number of hydrogen-bond acceptors (Lipinski definition) is 2. The fourth-order valence-electron chi connectivity index (χ4n) is 1.68. The van der Waals surface area contributed by atoms with Crippen LogP contribution >= 0.6 is 0 Å². The van der Waals surface area contributed by atoms with E-state index in [1.165, 1.54) is 18.5 Å². The van der Waals surface area contributed by atoms with Crippen LogP contribution in [-0.4, -0.2) is 15.6 Å². The minimum Gasteiger partial charge on any atom is -0.293 e. The molecule has 0 aromatic carbocycles. The normalized spacial score (nSPS) is 16.3. The maximum atomic E-state index is 11.2. The van der Waals surface area contributed by atoms with Crippen molar-refractivity contribution in [3.05, 3.63) is 17.5 Å². The lowest BCUT2D eigenvalue weighted by atomic mass is 10.2. The van der Waals surface area contributed by atoms with Gasteiger partial charge in [0.05, 0.1) is 0 Å². The molecule has 3 nitrogen and oxygen atoms in total. The van der Waals surface area contributed by atoms with E-state index in [0.717, 1.165) is 0 Å². The minimum absolute atomic E-state index is 0.0614. The molecule has 0 saturated heterocycles. The maximum Gasteiger partial charge on any atom is 0.179 e. The third-order valence-corrected chi connectivity index (χ3v) is 2.61. The van der Waals surface area contributed by atoms with Gasteiger partial charge >= 0.3 is 0 Å². The zero-order valence-electron chi connectivity index (χ0n) is 8.95. The van der Waals surface area contributed by atoms with E-state index >= 15 is 0 Å². The van der Waals surface area contributed by atoms with Gasteiger partial charge < -0.3 is 0 Å². The van der Waals surface area contributed by atoms with E-state index in [1.54, 1.807) is 6.92 Å². The Morgan fingerprint density at radius 3 is 2.64 bits per heavy atom. The summed E-state index contributed by atoms with van der Waals surface area (Å²) < 4.78 is 1.99. The van der Waals surface area contributed by atoms with Gasteiger partial charge in [0.1, 0.15) is 5.69 Å². The second-order valence-electron chi connectivity index (χ2n) is 4.32. The number of Topliss-reactive ketones (excluding diaryl/α,β-unsaturated/α-hetero) is 1. The first kappa shape index (κ1) is 9.44. The van der Waals surface area contributed by atoms with E-state index in [-0.39, 0.29) is 5.78 Å². The minimum atomic E-state index is 0.0614. The van der Waals surface area contributed by atoms with Gasteiger partial charge in [0.15, 0.2) is 5.78 Å². The van der Waals surface area contributed by atoms with Crippen molar-refractivity contribution < 1.29 is 4.79 Å². The fraction of sp³-hybridized carbons (Fsp3) is 0.636. The predicted molar refractivity (Wildman–Crippen MR) is 54.6 cm³/mol. The molecule has 0 amide bonds. The van der Waals surface area contributed by atoms with Gasteiger partial charge in [0.2, 0.25) is 0 Å². The number of hydrogen-bond donors (Lipinski definition) is 0. The van der Waals surface area contributed by atoms with E-state index in [0.29, 0.717) is 17.7 Å². The number of ketones is 1. The molecule has 0 spiro atoms. The van der Waals surface area contributed by atoms with Gasteiger partial charge in [-0.2, -0.15) is 5.10 Å². The molecule has 0 N–H and O–H groups in total. The summed E-state index contributed by atoms with van der Waals surface area (Å²) in [6.07, 6.45) is 2.49. The van der Waals surface area contributed by atoms with Crippen molar-refractivity contribution in [2.75, 3.05) is 0 Å². The first-order valence-corrected chi connectivity index (χ1v) is 5.20. The van der Waals surface area contributed by atoms with Crippen LogP contribution in [0.1, 0.15) is 61.8 Å². The third-order valence-electron chi connectivity index (χ3n) is 2.61. The smallest absolute Gasteiger partial charge is 0.179 e. The van der Waals surface area contributed by atoms with E-state index in [2.05, 4.69) is 18.9 Å². The fourth-order valence-corrected chi connectivity index (χ4v) is 1.68. The predicted octanol–water partition coefficient (Wildman–Crippen LogP) is 2.54.